The first kappa shape index (κ1) is 26.0. The van der Waals surface area contributed by atoms with Crippen molar-refractivity contribution >= 4 is 29.0 Å². The second-order valence-corrected chi connectivity index (χ2v) is 9.75. The van der Waals surface area contributed by atoms with Crippen molar-refractivity contribution in [3.63, 3.8) is 0 Å². The molecular weight excluding hydrogens is 450 g/mol. The van der Waals surface area contributed by atoms with Gasteiger partial charge in [0.1, 0.15) is 0 Å². The molecule has 4 aromatic rings. The SMILES string of the molecule is Cc1cc(C)c(N=C(C=NCC(=Nc2c(C)cc(C)cc2C)c2ccccc2)c2ccccc2)c(C)c1. The minimum absolute atomic E-state index is 0.453. The largest absolute Gasteiger partial charge is 0.285 e. The van der Waals surface area contributed by atoms with Crippen LogP contribution in [0.1, 0.15) is 44.5 Å². The van der Waals surface area contributed by atoms with E-state index in [2.05, 4.69) is 90.1 Å². The summed E-state index contributed by atoms with van der Waals surface area (Å²) in [6.07, 6.45) is 1.89. The highest BCUT2D eigenvalue weighted by atomic mass is 14.8. The lowest BCUT2D eigenvalue weighted by Crippen LogP contribution is -2.09. The summed E-state index contributed by atoms with van der Waals surface area (Å²) < 4.78 is 0. The lowest BCUT2D eigenvalue weighted by Gasteiger charge is -2.11. The minimum atomic E-state index is 0.453. The molecule has 0 radical (unpaired) electrons. The number of benzene rings is 4. The molecule has 0 aliphatic heterocycles. The van der Waals surface area contributed by atoms with Gasteiger partial charge in [0, 0.05) is 11.8 Å². The molecule has 37 heavy (non-hydrogen) atoms. The summed E-state index contributed by atoms with van der Waals surface area (Å²) in [6.45, 7) is 13.2. The summed E-state index contributed by atoms with van der Waals surface area (Å²) in [5.74, 6) is 0. The molecule has 0 bridgehead atoms. The summed E-state index contributed by atoms with van der Waals surface area (Å²) in [6, 6.07) is 29.3. The summed E-state index contributed by atoms with van der Waals surface area (Å²) in [4.78, 5) is 15.1. The van der Waals surface area contributed by atoms with Crippen LogP contribution < -0.4 is 0 Å². The van der Waals surface area contributed by atoms with Crippen LogP contribution in [-0.2, 0) is 0 Å². The van der Waals surface area contributed by atoms with Gasteiger partial charge >= 0.3 is 0 Å². The first-order valence-electron chi connectivity index (χ1n) is 12.7. The molecule has 186 valence electrons. The van der Waals surface area contributed by atoms with Gasteiger partial charge in [0.2, 0.25) is 0 Å². The van der Waals surface area contributed by atoms with Gasteiger partial charge in [0.25, 0.3) is 0 Å². The molecule has 0 aromatic heterocycles. The van der Waals surface area contributed by atoms with Crippen LogP contribution in [0.25, 0.3) is 0 Å². The Hall–Kier alpha value is -4.11. The van der Waals surface area contributed by atoms with E-state index in [4.69, 9.17) is 15.0 Å². The van der Waals surface area contributed by atoms with Crippen LogP contribution in [0.15, 0.2) is 99.9 Å². The lowest BCUT2D eigenvalue weighted by atomic mass is 10.0. The third-order valence-electron chi connectivity index (χ3n) is 6.38. The summed E-state index contributed by atoms with van der Waals surface area (Å²) >= 11 is 0. The first-order valence-corrected chi connectivity index (χ1v) is 12.7. The smallest absolute Gasteiger partial charge is 0.0887 e. The number of aryl methyl sites for hydroxylation is 6. The van der Waals surface area contributed by atoms with E-state index in [0.29, 0.717) is 6.54 Å². The summed E-state index contributed by atoms with van der Waals surface area (Å²) in [7, 11) is 0. The monoisotopic (exact) mass is 485 g/mol. The molecular formula is C34H35N3. The van der Waals surface area contributed by atoms with Crippen molar-refractivity contribution in [2.24, 2.45) is 15.0 Å². The Morgan fingerprint density at radius 1 is 0.568 bits per heavy atom. The van der Waals surface area contributed by atoms with Crippen LogP contribution >= 0.6 is 0 Å². The van der Waals surface area contributed by atoms with Crippen LogP contribution in [0.5, 0.6) is 0 Å². The fraction of sp³-hybridized carbons (Fsp3) is 0.206. The van der Waals surface area contributed by atoms with Gasteiger partial charge in [-0.1, -0.05) is 96.1 Å². The second kappa shape index (κ2) is 11.7. The molecule has 4 aromatic carbocycles. The average Bonchev–Trinajstić information content (AvgIpc) is 2.87. The van der Waals surface area contributed by atoms with Crippen molar-refractivity contribution in [1.29, 1.82) is 0 Å². The molecule has 0 fully saturated rings. The van der Waals surface area contributed by atoms with Crippen molar-refractivity contribution in [2.75, 3.05) is 6.54 Å². The van der Waals surface area contributed by atoms with E-state index in [1.807, 2.05) is 42.6 Å². The van der Waals surface area contributed by atoms with Crippen LogP contribution in [0.3, 0.4) is 0 Å². The quantitative estimate of drug-likeness (QED) is 0.235. The number of nitrogens with zero attached hydrogens (tertiary/aromatic N) is 3. The zero-order chi connectivity index (χ0) is 26.4. The van der Waals surface area contributed by atoms with Gasteiger partial charge in [0.05, 0.1) is 29.3 Å². The minimum Gasteiger partial charge on any atom is -0.285 e. The molecule has 0 amide bonds. The summed E-state index contributed by atoms with van der Waals surface area (Å²) in [5, 5.41) is 0. The van der Waals surface area contributed by atoms with Crippen molar-refractivity contribution in [1.82, 2.24) is 0 Å². The highest BCUT2D eigenvalue weighted by Gasteiger charge is 2.09. The van der Waals surface area contributed by atoms with Crippen molar-refractivity contribution in [3.8, 4) is 0 Å². The third kappa shape index (κ3) is 6.56. The highest BCUT2D eigenvalue weighted by Crippen LogP contribution is 2.27. The predicted molar refractivity (Wildman–Crippen MR) is 160 cm³/mol. The Morgan fingerprint density at radius 2 is 1.00 bits per heavy atom. The molecule has 0 N–H and O–H groups in total. The fourth-order valence-corrected chi connectivity index (χ4v) is 4.77. The summed E-state index contributed by atoms with van der Waals surface area (Å²) in [5.41, 5.74) is 13.1. The van der Waals surface area contributed by atoms with Gasteiger partial charge < -0.3 is 0 Å². The van der Waals surface area contributed by atoms with E-state index in [1.54, 1.807) is 0 Å². The maximum atomic E-state index is 5.12. The van der Waals surface area contributed by atoms with E-state index in [-0.39, 0.29) is 0 Å². The number of rotatable bonds is 7. The van der Waals surface area contributed by atoms with Gasteiger partial charge in [0.15, 0.2) is 0 Å². The predicted octanol–water partition coefficient (Wildman–Crippen LogP) is 8.55. The van der Waals surface area contributed by atoms with Gasteiger partial charge in [-0.3, -0.25) is 9.98 Å². The zero-order valence-electron chi connectivity index (χ0n) is 22.7. The van der Waals surface area contributed by atoms with E-state index in [1.165, 1.54) is 22.3 Å². The maximum Gasteiger partial charge on any atom is 0.0887 e. The van der Waals surface area contributed by atoms with Crippen LogP contribution in [0.4, 0.5) is 11.4 Å². The molecule has 4 rings (SSSR count). The molecule has 3 heteroatoms. The number of hydrogen-bond donors (Lipinski definition) is 0. The Balaban J connectivity index is 1.75. The van der Waals surface area contributed by atoms with Crippen LogP contribution in [-0.4, -0.2) is 24.2 Å². The van der Waals surface area contributed by atoms with Gasteiger partial charge in [-0.2, -0.15) is 0 Å². The maximum absolute atomic E-state index is 5.12. The Labute approximate surface area is 221 Å². The topological polar surface area (TPSA) is 37.1 Å². The van der Waals surface area contributed by atoms with Crippen LogP contribution in [0.2, 0.25) is 0 Å². The lowest BCUT2D eigenvalue weighted by molar-refractivity contribution is 1.25. The molecule has 3 nitrogen and oxygen atoms in total. The molecule has 0 spiro atoms. The van der Waals surface area contributed by atoms with Crippen molar-refractivity contribution < 1.29 is 0 Å². The zero-order valence-corrected chi connectivity index (χ0v) is 22.7. The van der Waals surface area contributed by atoms with E-state index < -0.39 is 0 Å². The van der Waals surface area contributed by atoms with Crippen molar-refractivity contribution in [3.05, 3.63) is 129 Å². The average molecular weight is 486 g/mol. The molecule has 0 unspecified atom stereocenters. The molecule has 0 heterocycles. The Kier molecular flexibility index (Phi) is 8.25. The van der Waals surface area contributed by atoms with Crippen LogP contribution in [0, 0.1) is 41.5 Å². The normalized spacial score (nSPS) is 12.4. The number of hydrogen-bond acceptors (Lipinski definition) is 3. The van der Waals surface area contributed by atoms with Gasteiger partial charge in [-0.15, -0.1) is 0 Å². The van der Waals surface area contributed by atoms with E-state index >= 15 is 0 Å². The van der Waals surface area contributed by atoms with E-state index in [0.717, 1.165) is 45.1 Å². The highest BCUT2D eigenvalue weighted by molar-refractivity contribution is 6.39. The molecule has 0 saturated heterocycles. The van der Waals surface area contributed by atoms with E-state index in [9.17, 15) is 0 Å². The first-order chi connectivity index (χ1) is 17.8. The van der Waals surface area contributed by atoms with Gasteiger partial charge in [-0.25, -0.2) is 4.99 Å². The number of aliphatic imine (C=N–C) groups is 3. The molecule has 0 atom stereocenters. The molecule has 0 aliphatic rings. The second-order valence-electron chi connectivity index (χ2n) is 9.75. The van der Waals surface area contributed by atoms with Gasteiger partial charge in [-0.05, 0) is 69.4 Å². The van der Waals surface area contributed by atoms with Crippen molar-refractivity contribution in [2.45, 2.75) is 41.5 Å². The Morgan fingerprint density at radius 3 is 1.49 bits per heavy atom. The Bertz CT molecular complexity index is 1430. The fourth-order valence-electron chi connectivity index (χ4n) is 4.77. The molecule has 0 aliphatic carbocycles. The third-order valence-corrected chi connectivity index (χ3v) is 6.38. The standard InChI is InChI=1S/C34H35N3/c1-23-17-25(3)33(26(4)18-23)36-31(29-13-9-7-10-14-29)21-35-22-32(30-15-11-8-12-16-30)37-34-27(5)19-24(2)20-28(34)6/h7-21H,22H2,1-6H3. The molecule has 0 saturated carbocycles.